The molecule has 3 fully saturated rings. The fraction of sp³-hybridized carbons (Fsp3) is 0.625. The van der Waals surface area contributed by atoms with Crippen LogP contribution in [0.5, 0.6) is 0 Å². The molecule has 132 valence electrons. The highest BCUT2D eigenvalue weighted by Crippen LogP contribution is 2.34. The molecule has 8 heteroatoms. The van der Waals surface area contributed by atoms with Gasteiger partial charge in [-0.25, -0.2) is 8.42 Å². The predicted molar refractivity (Wildman–Crippen MR) is 90.5 cm³/mol. The van der Waals surface area contributed by atoms with Crippen LogP contribution in [0.3, 0.4) is 0 Å². The minimum atomic E-state index is -3.77. The number of nitro benzene ring substituents is 1. The molecule has 0 radical (unpaired) electrons. The van der Waals surface area contributed by atoms with Crippen molar-refractivity contribution in [3.05, 3.63) is 33.4 Å². The molecule has 0 aromatic heterocycles. The van der Waals surface area contributed by atoms with Crippen LogP contribution in [-0.2, 0) is 10.0 Å². The van der Waals surface area contributed by atoms with E-state index in [-0.39, 0.29) is 16.6 Å². The number of nitrogens with zero attached hydrogens (tertiary/aromatic N) is 3. The molecule has 0 amide bonds. The van der Waals surface area contributed by atoms with Crippen LogP contribution >= 0.6 is 0 Å². The number of sulfonamides is 1. The van der Waals surface area contributed by atoms with E-state index >= 15 is 0 Å². The second-order valence-corrected chi connectivity index (χ2v) is 8.84. The first kappa shape index (κ1) is 17.3. The Balaban J connectivity index is 2.00. The molecule has 4 rings (SSSR count). The summed E-state index contributed by atoms with van der Waals surface area (Å²) < 4.78 is 27.7. The smallest absolute Gasteiger partial charge is 0.271 e. The number of hydrogen-bond acceptors (Lipinski definition) is 5. The topological polar surface area (TPSA) is 83.8 Å². The molecule has 0 aliphatic carbocycles. The molecule has 3 heterocycles. The van der Waals surface area contributed by atoms with Gasteiger partial charge in [0.05, 0.1) is 9.82 Å². The number of benzene rings is 1. The van der Waals surface area contributed by atoms with Crippen LogP contribution in [0, 0.1) is 29.9 Å². The lowest BCUT2D eigenvalue weighted by molar-refractivity contribution is -0.385. The quantitative estimate of drug-likeness (QED) is 0.610. The molecule has 24 heavy (non-hydrogen) atoms. The molecule has 1 aromatic rings. The molecule has 0 spiro atoms. The zero-order chi connectivity index (χ0) is 17.6. The molecule has 1 aromatic carbocycles. The SMILES string of the molecule is Cc1cc([N+](=O)[O-])cc(S(=O)(=O)N(C)C2CN3CCC2CC3)c1C. The molecule has 0 saturated carbocycles. The van der Waals surface area contributed by atoms with E-state index in [1.165, 1.54) is 16.4 Å². The first-order valence-electron chi connectivity index (χ1n) is 8.18. The van der Waals surface area contributed by atoms with Crippen LogP contribution in [0.25, 0.3) is 0 Å². The Bertz CT molecular complexity index is 770. The van der Waals surface area contributed by atoms with E-state index in [0.717, 1.165) is 32.5 Å². The summed E-state index contributed by atoms with van der Waals surface area (Å²) >= 11 is 0. The van der Waals surface area contributed by atoms with Gasteiger partial charge in [0, 0.05) is 31.8 Å². The summed E-state index contributed by atoms with van der Waals surface area (Å²) in [6.45, 7) is 6.22. The molecule has 3 saturated heterocycles. The van der Waals surface area contributed by atoms with Gasteiger partial charge < -0.3 is 4.90 Å². The van der Waals surface area contributed by atoms with Crippen LogP contribution in [0.1, 0.15) is 24.0 Å². The second-order valence-electron chi connectivity index (χ2n) is 6.87. The normalized spacial score (nSPS) is 26.8. The zero-order valence-electron chi connectivity index (χ0n) is 14.2. The first-order chi connectivity index (χ1) is 11.2. The number of hydrogen-bond donors (Lipinski definition) is 0. The van der Waals surface area contributed by atoms with Crippen LogP contribution in [0.4, 0.5) is 5.69 Å². The van der Waals surface area contributed by atoms with Crippen molar-refractivity contribution in [2.24, 2.45) is 5.92 Å². The third-order valence-electron chi connectivity index (χ3n) is 5.56. The molecule has 3 aliphatic heterocycles. The highest BCUT2D eigenvalue weighted by molar-refractivity contribution is 7.89. The highest BCUT2D eigenvalue weighted by atomic mass is 32.2. The third-order valence-corrected chi connectivity index (χ3v) is 7.57. The van der Waals surface area contributed by atoms with Gasteiger partial charge in [-0.05, 0) is 56.8 Å². The number of piperidine rings is 3. The van der Waals surface area contributed by atoms with E-state index in [4.69, 9.17) is 0 Å². The van der Waals surface area contributed by atoms with Crippen LogP contribution < -0.4 is 0 Å². The van der Waals surface area contributed by atoms with Crippen molar-refractivity contribution >= 4 is 15.7 Å². The van der Waals surface area contributed by atoms with Crippen molar-refractivity contribution in [3.63, 3.8) is 0 Å². The maximum absolute atomic E-state index is 13.1. The minimum absolute atomic E-state index is 0.0492. The maximum atomic E-state index is 13.1. The van der Waals surface area contributed by atoms with E-state index in [9.17, 15) is 18.5 Å². The number of rotatable bonds is 4. The number of non-ortho nitro benzene ring substituents is 1. The van der Waals surface area contributed by atoms with Crippen molar-refractivity contribution in [2.45, 2.75) is 37.6 Å². The van der Waals surface area contributed by atoms with E-state index in [1.54, 1.807) is 20.9 Å². The first-order valence-corrected chi connectivity index (χ1v) is 9.62. The Kier molecular flexibility index (Phi) is 4.39. The molecule has 0 N–H and O–H groups in total. The molecule has 2 bridgehead atoms. The highest BCUT2D eigenvalue weighted by Gasteiger charge is 2.41. The molecule has 1 atom stereocenters. The lowest BCUT2D eigenvalue weighted by atomic mass is 9.84. The largest absolute Gasteiger partial charge is 0.302 e. The number of likely N-dealkylation sites (N-methyl/N-ethyl adjacent to an activating group) is 1. The summed E-state index contributed by atoms with van der Waals surface area (Å²) in [7, 11) is -2.16. The fourth-order valence-corrected chi connectivity index (χ4v) is 5.58. The van der Waals surface area contributed by atoms with Crippen LogP contribution in [0.15, 0.2) is 17.0 Å². The standard InChI is InChI=1S/C16H23N3O4S/c1-11-8-14(19(20)21)9-16(12(11)2)24(22,23)17(3)15-10-18-6-4-13(15)5-7-18/h8-9,13,15H,4-7,10H2,1-3H3. The summed E-state index contributed by atoms with van der Waals surface area (Å²) in [6.07, 6.45) is 2.02. The zero-order valence-corrected chi connectivity index (χ0v) is 15.0. The minimum Gasteiger partial charge on any atom is -0.302 e. The molecule has 3 aliphatic rings. The summed E-state index contributed by atoms with van der Waals surface area (Å²) in [5.74, 6) is 0.370. The van der Waals surface area contributed by atoms with Gasteiger partial charge in [0.25, 0.3) is 5.69 Å². The van der Waals surface area contributed by atoms with Gasteiger partial charge in [-0.15, -0.1) is 0 Å². The molecule has 1 unspecified atom stereocenters. The van der Waals surface area contributed by atoms with Gasteiger partial charge in [-0.3, -0.25) is 10.1 Å². The van der Waals surface area contributed by atoms with Gasteiger partial charge in [-0.1, -0.05) is 0 Å². The Labute approximate surface area is 142 Å². The Morgan fingerprint density at radius 2 is 1.88 bits per heavy atom. The average molecular weight is 353 g/mol. The van der Waals surface area contributed by atoms with Gasteiger partial charge in [0.2, 0.25) is 10.0 Å². The monoisotopic (exact) mass is 353 g/mol. The third kappa shape index (κ3) is 2.82. The Morgan fingerprint density at radius 3 is 2.38 bits per heavy atom. The predicted octanol–water partition coefficient (Wildman–Crippen LogP) is 1.93. The lowest BCUT2D eigenvalue weighted by Gasteiger charge is -2.47. The summed E-state index contributed by atoms with van der Waals surface area (Å²) in [5, 5.41) is 11.1. The summed E-state index contributed by atoms with van der Waals surface area (Å²) in [4.78, 5) is 12.9. The number of nitro groups is 1. The van der Waals surface area contributed by atoms with E-state index < -0.39 is 14.9 Å². The van der Waals surface area contributed by atoms with Crippen LogP contribution in [0.2, 0.25) is 0 Å². The van der Waals surface area contributed by atoms with Gasteiger partial charge in [0.15, 0.2) is 0 Å². The van der Waals surface area contributed by atoms with Gasteiger partial charge in [-0.2, -0.15) is 4.31 Å². The number of fused-ring (bicyclic) bond motifs is 3. The fourth-order valence-electron chi connectivity index (χ4n) is 3.86. The van der Waals surface area contributed by atoms with Gasteiger partial charge >= 0.3 is 0 Å². The molecule has 7 nitrogen and oxygen atoms in total. The van der Waals surface area contributed by atoms with Crippen molar-refractivity contribution in [1.29, 1.82) is 0 Å². The second kappa shape index (κ2) is 6.09. The maximum Gasteiger partial charge on any atom is 0.271 e. The van der Waals surface area contributed by atoms with Gasteiger partial charge in [0.1, 0.15) is 0 Å². The van der Waals surface area contributed by atoms with Crippen molar-refractivity contribution in [3.8, 4) is 0 Å². The Hall–Kier alpha value is -1.51. The molecular weight excluding hydrogens is 330 g/mol. The van der Waals surface area contributed by atoms with Crippen molar-refractivity contribution in [2.75, 3.05) is 26.7 Å². The number of aryl methyl sites for hydroxylation is 1. The van der Waals surface area contributed by atoms with E-state index in [1.807, 2.05) is 0 Å². The van der Waals surface area contributed by atoms with Crippen molar-refractivity contribution < 1.29 is 13.3 Å². The summed E-state index contributed by atoms with van der Waals surface area (Å²) in [6, 6.07) is 2.55. The van der Waals surface area contributed by atoms with Crippen molar-refractivity contribution in [1.82, 2.24) is 9.21 Å². The lowest BCUT2D eigenvalue weighted by Crippen LogP contribution is -2.57. The summed E-state index contributed by atoms with van der Waals surface area (Å²) in [5.41, 5.74) is 1.01. The van der Waals surface area contributed by atoms with E-state index in [2.05, 4.69) is 4.90 Å². The molecular formula is C16H23N3O4S. The van der Waals surface area contributed by atoms with E-state index in [0.29, 0.717) is 17.0 Å². The van der Waals surface area contributed by atoms with Crippen LogP contribution in [-0.4, -0.2) is 55.3 Å². The average Bonchev–Trinajstić information content (AvgIpc) is 2.57. The Morgan fingerprint density at radius 1 is 1.25 bits per heavy atom.